The molecule has 0 amide bonds. The second-order valence-corrected chi connectivity index (χ2v) is 1.90. The van der Waals surface area contributed by atoms with Gasteiger partial charge in [0.15, 0.2) is 0 Å². The highest BCUT2D eigenvalue weighted by Crippen LogP contribution is 2.08. The maximum Gasteiger partial charge on any atom is 0.390 e. The Bertz CT molecular complexity index is 246. The zero-order valence-electron chi connectivity index (χ0n) is 5.44. The summed E-state index contributed by atoms with van der Waals surface area (Å²) in [6.07, 6.45) is 0. The molecule has 1 aromatic heterocycles. The standard InChI is InChI=1S/C5H6N3O2/c1-4-3-5(8(9)10)6-7(4)2/h3H,2H2,1H3. The molecular weight excluding hydrogens is 134 g/mol. The summed E-state index contributed by atoms with van der Waals surface area (Å²) in [6, 6.07) is 1.37. The summed E-state index contributed by atoms with van der Waals surface area (Å²) in [5.41, 5.74) is 0.673. The van der Waals surface area contributed by atoms with E-state index in [4.69, 9.17) is 0 Å². The topological polar surface area (TPSA) is 61.0 Å². The first-order chi connectivity index (χ1) is 4.61. The molecule has 10 heavy (non-hydrogen) atoms. The number of hydrogen-bond donors (Lipinski definition) is 0. The fraction of sp³-hybridized carbons (Fsp3) is 0.200. The molecule has 0 N–H and O–H groups in total. The predicted molar refractivity (Wildman–Crippen MR) is 34.4 cm³/mol. The zero-order chi connectivity index (χ0) is 7.72. The lowest BCUT2D eigenvalue weighted by Crippen LogP contribution is -1.92. The van der Waals surface area contributed by atoms with Crippen molar-refractivity contribution in [1.29, 1.82) is 0 Å². The molecule has 0 aliphatic rings. The van der Waals surface area contributed by atoms with E-state index in [1.54, 1.807) is 6.92 Å². The Kier molecular flexibility index (Phi) is 1.41. The molecule has 0 saturated carbocycles. The van der Waals surface area contributed by atoms with Crippen molar-refractivity contribution >= 4 is 5.82 Å². The van der Waals surface area contributed by atoms with Crippen LogP contribution in [0.4, 0.5) is 5.82 Å². The largest absolute Gasteiger partial charge is 0.390 e. The molecule has 0 aliphatic carbocycles. The quantitative estimate of drug-likeness (QED) is 0.427. The number of nitrogens with zero attached hydrogens (tertiary/aromatic N) is 3. The molecule has 0 aliphatic heterocycles. The molecule has 5 nitrogen and oxygen atoms in total. The zero-order valence-corrected chi connectivity index (χ0v) is 5.44. The lowest BCUT2D eigenvalue weighted by molar-refractivity contribution is -0.389. The van der Waals surface area contributed by atoms with Crippen molar-refractivity contribution in [3.05, 3.63) is 28.9 Å². The van der Waals surface area contributed by atoms with Crippen LogP contribution in [-0.2, 0) is 0 Å². The van der Waals surface area contributed by atoms with Gasteiger partial charge >= 0.3 is 5.82 Å². The molecule has 53 valence electrons. The summed E-state index contributed by atoms with van der Waals surface area (Å²) >= 11 is 0. The number of hydrogen-bond acceptors (Lipinski definition) is 3. The van der Waals surface area contributed by atoms with Crippen molar-refractivity contribution < 1.29 is 4.92 Å². The molecule has 1 radical (unpaired) electrons. The van der Waals surface area contributed by atoms with Crippen LogP contribution in [0.15, 0.2) is 6.07 Å². The maximum absolute atomic E-state index is 10.1. The number of nitro groups is 1. The fourth-order valence-electron chi connectivity index (χ4n) is 0.582. The van der Waals surface area contributed by atoms with Gasteiger partial charge in [-0.15, -0.1) is 0 Å². The van der Waals surface area contributed by atoms with Crippen molar-refractivity contribution in [3.63, 3.8) is 0 Å². The van der Waals surface area contributed by atoms with Crippen molar-refractivity contribution in [2.24, 2.45) is 0 Å². The van der Waals surface area contributed by atoms with Gasteiger partial charge in [0.25, 0.3) is 0 Å². The van der Waals surface area contributed by atoms with Gasteiger partial charge in [0.2, 0.25) is 0 Å². The van der Waals surface area contributed by atoms with Gasteiger partial charge in [-0.1, -0.05) is 0 Å². The Morgan fingerprint density at radius 3 is 2.70 bits per heavy atom. The highest BCUT2D eigenvalue weighted by atomic mass is 16.6. The van der Waals surface area contributed by atoms with Crippen LogP contribution in [0, 0.1) is 24.1 Å². The average Bonchev–Trinajstić information content (AvgIpc) is 2.13. The Hall–Kier alpha value is -1.39. The van der Waals surface area contributed by atoms with Gasteiger partial charge in [0.1, 0.15) is 0 Å². The second-order valence-electron chi connectivity index (χ2n) is 1.90. The maximum atomic E-state index is 10.1. The van der Waals surface area contributed by atoms with Gasteiger partial charge in [-0.25, -0.2) is 0 Å². The first kappa shape index (κ1) is 6.73. The Labute approximate surface area is 57.4 Å². The number of aryl methyl sites for hydroxylation is 1. The predicted octanol–water partition coefficient (Wildman–Crippen LogP) is 0.739. The van der Waals surface area contributed by atoms with E-state index >= 15 is 0 Å². The molecule has 0 atom stereocenters. The monoisotopic (exact) mass is 140 g/mol. The second kappa shape index (κ2) is 2.09. The molecule has 0 unspecified atom stereocenters. The molecule has 5 heteroatoms. The molecule has 0 fully saturated rings. The van der Waals surface area contributed by atoms with Crippen molar-refractivity contribution in [2.45, 2.75) is 6.92 Å². The van der Waals surface area contributed by atoms with Crippen molar-refractivity contribution in [3.8, 4) is 0 Å². The van der Waals surface area contributed by atoms with Gasteiger partial charge in [-0.05, 0) is 11.8 Å². The van der Waals surface area contributed by atoms with Crippen LogP contribution in [0.3, 0.4) is 0 Å². The van der Waals surface area contributed by atoms with Gasteiger partial charge in [0, 0.05) is 0 Å². The smallest absolute Gasteiger partial charge is 0.358 e. The fourth-order valence-corrected chi connectivity index (χ4v) is 0.582. The Morgan fingerprint density at radius 1 is 1.90 bits per heavy atom. The van der Waals surface area contributed by atoms with Crippen LogP contribution in [0.1, 0.15) is 5.69 Å². The van der Waals surface area contributed by atoms with E-state index in [-0.39, 0.29) is 5.82 Å². The highest BCUT2D eigenvalue weighted by Gasteiger charge is 2.11. The Balaban J connectivity index is 3.10. The van der Waals surface area contributed by atoms with Gasteiger partial charge in [0.05, 0.1) is 23.9 Å². The van der Waals surface area contributed by atoms with Crippen LogP contribution in [-0.4, -0.2) is 14.7 Å². The molecule has 0 bridgehead atoms. The van der Waals surface area contributed by atoms with E-state index in [9.17, 15) is 10.1 Å². The van der Waals surface area contributed by atoms with E-state index in [0.717, 1.165) is 0 Å². The van der Waals surface area contributed by atoms with E-state index < -0.39 is 4.92 Å². The van der Waals surface area contributed by atoms with Crippen LogP contribution < -0.4 is 0 Å². The Morgan fingerprint density at radius 2 is 2.50 bits per heavy atom. The van der Waals surface area contributed by atoms with E-state index in [2.05, 4.69) is 12.1 Å². The van der Waals surface area contributed by atoms with Gasteiger partial charge in [-0.3, -0.25) is 0 Å². The average molecular weight is 140 g/mol. The van der Waals surface area contributed by atoms with E-state index in [1.807, 2.05) is 0 Å². The summed E-state index contributed by atoms with van der Waals surface area (Å²) in [6.45, 7) is 1.70. The summed E-state index contributed by atoms with van der Waals surface area (Å²) in [4.78, 5) is 9.52. The first-order valence-corrected chi connectivity index (χ1v) is 2.63. The lowest BCUT2D eigenvalue weighted by Gasteiger charge is -1.81. The first-order valence-electron chi connectivity index (χ1n) is 2.63. The molecule has 0 spiro atoms. The SMILES string of the molecule is [CH2]n1nc([N+](=O)[O-])cc1C. The molecular formula is C5H6N3O2. The van der Waals surface area contributed by atoms with Crippen molar-refractivity contribution in [1.82, 2.24) is 9.78 Å². The minimum Gasteiger partial charge on any atom is -0.358 e. The van der Waals surface area contributed by atoms with Crippen LogP contribution in [0.5, 0.6) is 0 Å². The minimum absolute atomic E-state index is 0.160. The summed E-state index contributed by atoms with van der Waals surface area (Å²) < 4.78 is 1.22. The summed E-state index contributed by atoms with van der Waals surface area (Å²) in [5.74, 6) is -0.160. The van der Waals surface area contributed by atoms with Crippen LogP contribution in [0.25, 0.3) is 0 Å². The van der Waals surface area contributed by atoms with Gasteiger partial charge in [-0.2, -0.15) is 4.68 Å². The van der Waals surface area contributed by atoms with E-state index in [1.165, 1.54) is 10.7 Å². The summed E-state index contributed by atoms with van der Waals surface area (Å²) in [5, 5.41) is 13.6. The minimum atomic E-state index is -0.547. The van der Waals surface area contributed by atoms with Gasteiger partial charge < -0.3 is 10.1 Å². The highest BCUT2D eigenvalue weighted by molar-refractivity contribution is 5.21. The third-order valence-electron chi connectivity index (χ3n) is 1.16. The van der Waals surface area contributed by atoms with Crippen molar-refractivity contribution in [2.75, 3.05) is 0 Å². The lowest BCUT2D eigenvalue weighted by atomic mass is 10.5. The number of aromatic nitrogens is 2. The third kappa shape index (κ3) is 0.975. The normalized spacial score (nSPS) is 9.80. The molecule has 0 aromatic carbocycles. The third-order valence-corrected chi connectivity index (χ3v) is 1.16. The molecule has 0 saturated heterocycles. The number of rotatable bonds is 1. The van der Waals surface area contributed by atoms with Crippen LogP contribution in [0.2, 0.25) is 0 Å². The molecule has 1 heterocycles. The molecule has 1 aromatic rings. The van der Waals surface area contributed by atoms with E-state index in [0.29, 0.717) is 5.69 Å². The van der Waals surface area contributed by atoms with Crippen LogP contribution >= 0.6 is 0 Å². The molecule has 1 rings (SSSR count). The summed E-state index contributed by atoms with van der Waals surface area (Å²) in [7, 11) is 3.42.